The molecule has 1 fully saturated rings. The normalized spacial score (nSPS) is 23.1. The van der Waals surface area contributed by atoms with Crippen molar-refractivity contribution in [1.29, 1.82) is 0 Å². The molecule has 1 aromatic heterocycles. The number of hydrogen-bond acceptors (Lipinski definition) is 5. The number of nitrogens with zero attached hydrogens (tertiary/aromatic N) is 4. The van der Waals surface area contributed by atoms with Gasteiger partial charge in [0.15, 0.2) is 0 Å². The van der Waals surface area contributed by atoms with Crippen LogP contribution in [0, 0.1) is 5.92 Å². The lowest BCUT2D eigenvalue weighted by Gasteiger charge is -2.22. The summed E-state index contributed by atoms with van der Waals surface area (Å²) in [5.74, 6) is 1.50. The Labute approximate surface area is 128 Å². The number of hydrogen-bond donors (Lipinski definition) is 1. The zero-order valence-corrected chi connectivity index (χ0v) is 14.2. The molecular weight excluding hydrogens is 262 g/mol. The van der Waals surface area contributed by atoms with Gasteiger partial charge >= 0.3 is 0 Å². The summed E-state index contributed by atoms with van der Waals surface area (Å²) >= 11 is 0. The molecule has 0 amide bonds. The first kappa shape index (κ1) is 16.2. The molecule has 0 radical (unpaired) electrons. The van der Waals surface area contributed by atoms with Crippen molar-refractivity contribution < 1.29 is 0 Å². The molecule has 21 heavy (non-hydrogen) atoms. The molecule has 0 spiro atoms. The van der Waals surface area contributed by atoms with E-state index in [2.05, 4.69) is 66.9 Å². The van der Waals surface area contributed by atoms with Crippen LogP contribution in [0.25, 0.3) is 0 Å². The quantitative estimate of drug-likeness (QED) is 0.915. The Morgan fingerprint density at radius 2 is 1.86 bits per heavy atom. The molecule has 1 N–H and O–H groups in total. The van der Waals surface area contributed by atoms with Gasteiger partial charge in [-0.05, 0) is 40.8 Å². The van der Waals surface area contributed by atoms with E-state index < -0.39 is 0 Å². The van der Waals surface area contributed by atoms with Gasteiger partial charge in [0.05, 0.1) is 0 Å². The second-order valence-corrected chi connectivity index (χ2v) is 7.41. The molecule has 1 saturated heterocycles. The van der Waals surface area contributed by atoms with Gasteiger partial charge in [-0.3, -0.25) is 0 Å². The van der Waals surface area contributed by atoms with E-state index in [1.54, 1.807) is 0 Å². The third-order valence-corrected chi connectivity index (χ3v) is 4.03. The fraction of sp³-hybridized carbons (Fsp3) is 0.750. The Bertz CT molecular complexity index is 449. The first-order chi connectivity index (χ1) is 9.76. The van der Waals surface area contributed by atoms with Gasteiger partial charge in [0.25, 0.3) is 0 Å². The van der Waals surface area contributed by atoms with Gasteiger partial charge in [0.2, 0.25) is 5.95 Å². The van der Waals surface area contributed by atoms with Crippen LogP contribution < -0.4 is 10.2 Å². The Balaban J connectivity index is 1.97. The first-order valence-corrected chi connectivity index (χ1v) is 7.73. The lowest BCUT2D eigenvalue weighted by atomic mass is 10.1. The van der Waals surface area contributed by atoms with Crippen LogP contribution in [0.4, 0.5) is 5.95 Å². The number of aromatic nitrogens is 2. The molecular formula is C16H29N5. The Hall–Kier alpha value is -1.20. The van der Waals surface area contributed by atoms with Crippen molar-refractivity contribution in [2.45, 2.75) is 45.8 Å². The van der Waals surface area contributed by atoms with E-state index in [1.807, 2.05) is 12.4 Å². The molecule has 0 aromatic carbocycles. The van der Waals surface area contributed by atoms with Gasteiger partial charge in [-0.15, -0.1) is 0 Å². The second kappa shape index (κ2) is 6.28. The summed E-state index contributed by atoms with van der Waals surface area (Å²) in [5, 5.41) is 3.46. The lowest BCUT2D eigenvalue weighted by Crippen LogP contribution is -2.35. The third-order valence-electron chi connectivity index (χ3n) is 4.03. The minimum atomic E-state index is 0.113. The molecule has 2 unspecified atom stereocenters. The van der Waals surface area contributed by atoms with E-state index in [4.69, 9.17) is 0 Å². The minimum absolute atomic E-state index is 0.113. The maximum Gasteiger partial charge on any atom is 0.225 e. The van der Waals surface area contributed by atoms with Crippen molar-refractivity contribution in [2.24, 2.45) is 5.92 Å². The lowest BCUT2D eigenvalue weighted by molar-refractivity contribution is 0.266. The number of likely N-dealkylation sites (N-methyl/N-ethyl adjacent to an activating group) is 1. The molecule has 5 nitrogen and oxygen atoms in total. The van der Waals surface area contributed by atoms with Gasteiger partial charge < -0.3 is 15.1 Å². The van der Waals surface area contributed by atoms with E-state index in [1.165, 1.54) is 0 Å². The molecule has 1 aromatic rings. The maximum absolute atomic E-state index is 4.55. The van der Waals surface area contributed by atoms with E-state index in [0.29, 0.717) is 12.0 Å². The van der Waals surface area contributed by atoms with Crippen molar-refractivity contribution in [3.05, 3.63) is 18.0 Å². The topological polar surface area (TPSA) is 44.3 Å². The average Bonchev–Trinajstić information content (AvgIpc) is 2.78. The Morgan fingerprint density at radius 3 is 2.33 bits per heavy atom. The highest BCUT2D eigenvalue weighted by Gasteiger charge is 2.32. The molecule has 2 rings (SSSR count). The van der Waals surface area contributed by atoms with Crippen molar-refractivity contribution >= 4 is 5.95 Å². The average molecular weight is 291 g/mol. The van der Waals surface area contributed by atoms with E-state index in [-0.39, 0.29) is 5.54 Å². The van der Waals surface area contributed by atoms with Crippen molar-refractivity contribution in [3.8, 4) is 0 Å². The largest absolute Gasteiger partial charge is 0.339 e. The van der Waals surface area contributed by atoms with E-state index in [0.717, 1.165) is 31.1 Å². The van der Waals surface area contributed by atoms with Crippen LogP contribution in [0.15, 0.2) is 12.4 Å². The van der Waals surface area contributed by atoms with Crippen LogP contribution >= 0.6 is 0 Å². The molecule has 0 aliphatic carbocycles. The molecule has 5 heteroatoms. The van der Waals surface area contributed by atoms with Crippen LogP contribution in [-0.2, 0) is 6.54 Å². The molecule has 1 aliphatic rings. The van der Waals surface area contributed by atoms with Crippen LogP contribution in [0.1, 0.15) is 33.3 Å². The van der Waals surface area contributed by atoms with E-state index >= 15 is 0 Å². The van der Waals surface area contributed by atoms with Crippen LogP contribution in [0.3, 0.4) is 0 Å². The number of anilines is 1. The maximum atomic E-state index is 4.55. The first-order valence-electron chi connectivity index (χ1n) is 7.73. The summed E-state index contributed by atoms with van der Waals surface area (Å²) in [6.45, 7) is 11.6. The van der Waals surface area contributed by atoms with Crippen LogP contribution in [0.2, 0.25) is 0 Å². The highest BCUT2D eigenvalue weighted by atomic mass is 15.3. The van der Waals surface area contributed by atoms with E-state index in [9.17, 15) is 0 Å². The number of nitrogens with one attached hydrogen (secondary N) is 1. The van der Waals surface area contributed by atoms with Crippen LogP contribution in [0.5, 0.6) is 0 Å². The summed E-state index contributed by atoms with van der Waals surface area (Å²) < 4.78 is 0. The fourth-order valence-electron chi connectivity index (χ4n) is 2.75. The third kappa shape index (κ3) is 4.38. The highest BCUT2D eigenvalue weighted by molar-refractivity contribution is 5.33. The smallest absolute Gasteiger partial charge is 0.225 e. The zero-order valence-electron chi connectivity index (χ0n) is 14.2. The molecule has 2 heterocycles. The van der Waals surface area contributed by atoms with Gasteiger partial charge in [-0.2, -0.15) is 0 Å². The predicted octanol–water partition coefficient (Wildman–Crippen LogP) is 1.75. The summed E-state index contributed by atoms with van der Waals surface area (Å²) in [4.78, 5) is 13.7. The molecule has 118 valence electrons. The number of rotatable bonds is 4. The van der Waals surface area contributed by atoms with Crippen molar-refractivity contribution in [3.63, 3.8) is 0 Å². The van der Waals surface area contributed by atoms with Gasteiger partial charge in [0.1, 0.15) is 0 Å². The molecule has 2 atom stereocenters. The highest BCUT2D eigenvalue weighted by Crippen LogP contribution is 2.23. The predicted molar refractivity (Wildman–Crippen MR) is 87.5 cm³/mol. The van der Waals surface area contributed by atoms with Gasteiger partial charge in [-0.25, -0.2) is 9.97 Å². The summed E-state index contributed by atoms with van der Waals surface area (Å²) in [6.07, 6.45) is 3.88. The molecule has 1 aliphatic heterocycles. The minimum Gasteiger partial charge on any atom is -0.339 e. The molecule has 0 bridgehead atoms. The van der Waals surface area contributed by atoms with Gasteiger partial charge in [-0.1, -0.05) is 6.92 Å². The van der Waals surface area contributed by atoms with Crippen molar-refractivity contribution in [1.82, 2.24) is 20.2 Å². The van der Waals surface area contributed by atoms with Crippen LogP contribution in [-0.4, -0.2) is 53.6 Å². The zero-order chi connectivity index (χ0) is 15.6. The second-order valence-electron chi connectivity index (χ2n) is 7.41. The summed E-state index contributed by atoms with van der Waals surface area (Å²) in [7, 11) is 4.29. The Morgan fingerprint density at radius 1 is 1.24 bits per heavy atom. The Kier molecular flexibility index (Phi) is 4.84. The monoisotopic (exact) mass is 291 g/mol. The SMILES string of the molecule is CC1CN(c2ncc(CNC(C)(C)C)cn2)CC1N(C)C. The van der Waals surface area contributed by atoms with Crippen molar-refractivity contribution in [2.75, 3.05) is 32.1 Å². The standard InChI is InChI=1S/C16H29N5/c1-12-10-21(11-14(12)20(5)6)15-17-7-13(8-18-15)9-19-16(2,3)4/h7-8,12,14,19H,9-11H2,1-6H3. The fourth-order valence-corrected chi connectivity index (χ4v) is 2.75. The summed E-state index contributed by atoms with van der Waals surface area (Å²) in [5.41, 5.74) is 1.24. The van der Waals surface area contributed by atoms with Gasteiger partial charge in [0, 0.05) is 49.2 Å². The molecule has 0 saturated carbocycles. The summed E-state index contributed by atoms with van der Waals surface area (Å²) in [6, 6.07) is 0.579.